The van der Waals surface area contributed by atoms with E-state index in [0.29, 0.717) is 6.54 Å². The van der Waals surface area contributed by atoms with Crippen molar-refractivity contribution in [3.63, 3.8) is 0 Å². The van der Waals surface area contributed by atoms with Crippen LogP contribution in [0.2, 0.25) is 0 Å². The lowest BCUT2D eigenvalue weighted by Crippen LogP contribution is -2.00. The number of nitrogens with two attached hydrogens (primary N) is 1. The summed E-state index contributed by atoms with van der Waals surface area (Å²) in [5.41, 5.74) is 13.4. The highest BCUT2D eigenvalue weighted by Gasteiger charge is 2.17. The summed E-state index contributed by atoms with van der Waals surface area (Å²) in [7, 11) is 0. The topological polar surface area (TPSA) is 35.2 Å². The molecule has 19 heavy (non-hydrogen) atoms. The van der Waals surface area contributed by atoms with Crippen molar-refractivity contribution in [2.45, 2.75) is 26.8 Å². The van der Waals surface area contributed by atoms with Crippen molar-refractivity contribution >= 4 is 0 Å². The van der Waals surface area contributed by atoms with Crippen LogP contribution in [0.4, 0.5) is 0 Å². The molecule has 98 valence electrons. The fourth-order valence-electron chi connectivity index (χ4n) is 2.63. The van der Waals surface area contributed by atoms with Gasteiger partial charge in [0.1, 0.15) is 5.75 Å². The standard InChI is InChI=1S/C17H19NO/c1-11-3-4-13(7-12(11)2)15-8-14-5-6-19-17(14)16(9-15)10-18/h3-4,7-9H,5-6,10,18H2,1-2H3. The first kappa shape index (κ1) is 12.2. The minimum atomic E-state index is 0.529. The lowest BCUT2D eigenvalue weighted by Gasteiger charge is -2.11. The Kier molecular flexibility index (Phi) is 3.03. The normalized spacial score (nSPS) is 13.2. The Hall–Kier alpha value is -1.80. The summed E-state index contributed by atoms with van der Waals surface area (Å²) >= 11 is 0. The monoisotopic (exact) mass is 253 g/mol. The minimum Gasteiger partial charge on any atom is -0.493 e. The molecule has 0 unspecified atom stereocenters. The Morgan fingerprint density at radius 2 is 1.89 bits per heavy atom. The van der Waals surface area contributed by atoms with Crippen LogP contribution in [0.25, 0.3) is 11.1 Å². The Balaban J connectivity index is 2.12. The molecule has 0 amide bonds. The second-order valence-corrected chi connectivity index (χ2v) is 5.23. The van der Waals surface area contributed by atoms with Crippen LogP contribution in [0.15, 0.2) is 30.3 Å². The second kappa shape index (κ2) is 4.71. The van der Waals surface area contributed by atoms with Gasteiger partial charge in [-0.05, 0) is 53.8 Å². The highest BCUT2D eigenvalue weighted by Crippen LogP contribution is 2.34. The van der Waals surface area contributed by atoms with Gasteiger partial charge in [-0.3, -0.25) is 0 Å². The first-order valence-corrected chi connectivity index (χ1v) is 6.75. The molecule has 0 atom stereocenters. The predicted molar refractivity (Wildman–Crippen MR) is 78.4 cm³/mol. The molecule has 2 aromatic carbocycles. The van der Waals surface area contributed by atoms with E-state index in [1.807, 2.05) is 0 Å². The first-order chi connectivity index (χ1) is 9.19. The fourth-order valence-corrected chi connectivity index (χ4v) is 2.63. The molecule has 1 aliphatic heterocycles. The van der Waals surface area contributed by atoms with Gasteiger partial charge in [0.2, 0.25) is 0 Å². The van der Waals surface area contributed by atoms with Gasteiger partial charge in [-0.25, -0.2) is 0 Å². The molecule has 2 nitrogen and oxygen atoms in total. The van der Waals surface area contributed by atoms with E-state index in [0.717, 1.165) is 24.3 Å². The van der Waals surface area contributed by atoms with Crippen LogP contribution in [0, 0.1) is 13.8 Å². The summed E-state index contributed by atoms with van der Waals surface area (Å²) in [5.74, 6) is 1.01. The van der Waals surface area contributed by atoms with Gasteiger partial charge in [-0.1, -0.05) is 18.2 Å². The van der Waals surface area contributed by atoms with E-state index in [1.54, 1.807) is 0 Å². The van der Waals surface area contributed by atoms with Crippen LogP contribution in [-0.2, 0) is 13.0 Å². The predicted octanol–water partition coefficient (Wildman–Crippen LogP) is 3.36. The molecule has 2 N–H and O–H groups in total. The van der Waals surface area contributed by atoms with E-state index in [4.69, 9.17) is 10.5 Å². The number of aryl methyl sites for hydroxylation is 2. The molecule has 0 saturated carbocycles. The zero-order chi connectivity index (χ0) is 13.4. The summed E-state index contributed by atoms with van der Waals surface area (Å²) in [4.78, 5) is 0. The Labute approximate surface area is 114 Å². The number of rotatable bonds is 2. The molecule has 0 aromatic heterocycles. The maximum absolute atomic E-state index is 5.84. The van der Waals surface area contributed by atoms with Crippen LogP contribution in [-0.4, -0.2) is 6.61 Å². The molecule has 2 aromatic rings. The molecular weight excluding hydrogens is 234 g/mol. The van der Waals surface area contributed by atoms with Crippen molar-refractivity contribution in [1.82, 2.24) is 0 Å². The zero-order valence-corrected chi connectivity index (χ0v) is 11.5. The molecule has 0 spiro atoms. The summed E-state index contributed by atoms with van der Waals surface area (Å²) < 4.78 is 5.67. The van der Waals surface area contributed by atoms with Gasteiger partial charge in [0.15, 0.2) is 0 Å². The van der Waals surface area contributed by atoms with Crippen LogP contribution < -0.4 is 10.5 Å². The van der Waals surface area contributed by atoms with Crippen molar-refractivity contribution < 1.29 is 4.74 Å². The van der Waals surface area contributed by atoms with Gasteiger partial charge < -0.3 is 10.5 Å². The zero-order valence-electron chi connectivity index (χ0n) is 11.5. The summed E-state index contributed by atoms with van der Waals surface area (Å²) in [6.45, 7) is 5.60. The van der Waals surface area contributed by atoms with E-state index in [9.17, 15) is 0 Å². The van der Waals surface area contributed by atoms with Crippen molar-refractivity contribution in [1.29, 1.82) is 0 Å². The molecule has 3 rings (SSSR count). The maximum Gasteiger partial charge on any atom is 0.127 e. The number of hydrogen-bond donors (Lipinski definition) is 1. The largest absolute Gasteiger partial charge is 0.493 e. The van der Waals surface area contributed by atoms with Gasteiger partial charge >= 0.3 is 0 Å². The molecule has 1 heterocycles. The summed E-state index contributed by atoms with van der Waals surface area (Å²) in [6.07, 6.45) is 0.987. The molecule has 1 aliphatic rings. The van der Waals surface area contributed by atoms with Gasteiger partial charge in [-0.2, -0.15) is 0 Å². The van der Waals surface area contributed by atoms with Crippen LogP contribution in [0.5, 0.6) is 5.75 Å². The van der Waals surface area contributed by atoms with E-state index >= 15 is 0 Å². The van der Waals surface area contributed by atoms with E-state index < -0.39 is 0 Å². The quantitative estimate of drug-likeness (QED) is 0.890. The van der Waals surface area contributed by atoms with Crippen molar-refractivity contribution in [3.8, 4) is 16.9 Å². The minimum absolute atomic E-state index is 0.529. The third-order valence-corrected chi connectivity index (χ3v) is 3.92. The Bertz CT molecular complexity index is 631. The van der Waals surface area contributed by atoms with Crippen LogP contribution in [0.1, 0.15) is 22.3 Å². The lowest BCUT2D eigenvalue weighted by atomic mass is 9.96. The second-order valence-electron chi connectivity index (χ2n) is 5.23. The number of ether oxygens (including phenoxy) is 1. The molecule has 0 aliphatic carbocycles. The molecule has 2 heteroatoms. The number of hydrogen-bond acceptors (Lipinski definition) is 2. The third kappa shape index (κ3) is 2.13. The smallest absolute Gasteiger partial charge is 0.127 e. The molecular formula is C17H19NO. The van der Waals surface area contributed by atoms with Crippen molar-refractivity contribution in [2.75, 3.05) is 6.61 Å². The van der Waals surface area contributed by atoms with Gasteiger partial charge in [0.25, 0.3) is 0 Å². The molecule has 0 radical (unpaired) electrons. The van der Waals surface area contributed by atoms with Gasteiger partial charge in [0.05, 0.1) is 6.61 Å². The Morgan fingerprint density at radius 1 is 1.05 bits per heavy atom. The molecule has 0 fully saturated rings. The van der Waals surface area contributed by atoms with Gasteiger partial charge in [0, 0.05) is 18.5 Å². The third-order valence-electron chi connectivity index (χ3n) is 3.92. The van der Waals surface area contributed by atoms with Crippen LogP contribution >= 0.6 is 0 Å². The fraction of sp³-hybridized carbons (Fsp3) is 0.294. The SMILES string of the molecule is Cc1ccc(-c2cc(CN)c3c(c2)CCO3)cc1C. The highest BCUT2D eigenvalue weighted by atomic mass is 16.5. The lowest BCUT2D eigenvalue weighted by molar-refractivity contribution is 0.353. The molecule has 0 saturated heterocycles. The summed E-state index contributed by atoms with van der Waals surface area (Å²) in [6, 6.07) is 11.0. The number of benzene rings is 2. The number of fused-ring (bicyclic) bond motifs is 1. The van der Waals surface area contributed by atoms with E-state index in [2.05, 4.69) is 44.2 Å². The van der Waals surface area contributed by atoms with Gasteiger partial charge in [-0.15, -0.1) is 0 Å². The van der Waals surface area contributed by atoms with E-state index in [-0.39, 0.29) is 0 Å². The molecule has 0 bridgehead atoms. The van der Waals surface area contributed by atoms with E-state index in [1.165, 1.54) is 27.8 Å². The van der Waals surface area contributed by atoms with Crippen LogP contribution in [0.3, 0.4) is 0 Å². The first-order valence-electron chi connectivity index (χ1n) is 6.75. The van der Waals surface area contributed by atoms with Crippen molar-refractivity contribution in [3.05, 3.63) is 52.6 Å². The maximum atomic E-state index is 5.84. The summed E-state index contributed by atoms with van der Waals surface area (Å²) in [5, 5.41) is 0. The average molecular weight is 253 g/mol. The average Bonchev–Trinajstić information content (AvgIpc) is 2.89. The highest BCUT2D eigenvalue weighted by molar-refractivity contribution is 5.69. The Morgan fingerprint density at radius 3 is 2.63 bits per heavy atom. The van der Waals surface area contributed by atoms with Crippen molar-refractivity contribution in [2.24, 2.45) is 5.73 Å².